The minimum absolute atomic E-state index is 0.00103. The Kier molecular flexibility index (Phi) is 6.89. The van der Waals surface area contributed by atoms with Crippen molar-refractivity contribution in [1.82, 2.24) is 10.2 Å². The Bertz CT molecular complexity index is 922. The molecule has 6 heteroatoms. The van der Waals surface area contributed by atoms with E-state index in [2.05, 4.69) is 5.32 Å². The highest BCUT2D eigenvalue weighted by Crippen LogP contribution is 2.37. The van der Waals surface area contributed by atoms with Crippen LogP contribution in [0.15, 0.2) is 48.5 Å². The average molecular weight is 445 g/mol. The van der Waals surface area contributed by atoms with Crippen molar-refractivity contribution in [2.45, 2.75) is 70.3 Å². The number of halogens is 3. The molecule has 1 amide bonds. The molecular formula is C26H31F3N2O. The van der Waals surface area contributed by atoms with Gasteiger partial charge in [-0.3, -0.25) is 4.79 Å². The van der Waals surface area contributed by atoms with E-state index in [4.69, 9.17) is 0 Å². The number of nitrogens with one attached hydrogen (secondary N) is 1. The van der Waals surface area contributed by atoms with Crippen LogP contribution in [0.2, 0.25) is 0 Å². The molecule has 1 N–H and O–H groups in total. The van der Waals surface area contributed by atoms with Crippen LogP contribution in [0.5, 0.6) is 0 Å². The molecule has 1 aliphatic heterocycles. The summed E-state index contributed by atoms with van der Waals surface area (Å²) in [7, 11) is 0. The maximum absolute atomic E-state index is 13.4. The standard InChI is InChI=1S/C26H31F3N2O/c1-18-12-13-22(26(27,28)29)16-21(18)17-30-23-14-15-31(24(23)19-8-4-2-5-9-19)25(32)20-10-6-3-7-11-20/h2,4-5,8-9,12-13,16,20,23-24,30H,3,6-7,10-11,14-15,17H2,1H3. The van der Waals surface area contributed by atoms with Crippen molar-refractivity contribution in [1.29, 1.82) is 0 Å². The third-order valence-corrected chi connectivity index (χ3v) is 7.01. The summed E-state index contributed by atoms with van der Waals surface area (Å²) in [6.45, 7) is 2.85. The third-order valence-electron chi connectivity index (χ3n) is 7.01. The third kappa shape index (κ3) is 5.01. The van der Waals surface area contributed by atoms with E-state index in [1.165, 1.54) is 18.6 Å². The van der Waals surface area contributed by atoms with Gasteiger partial charge < -0.3 is 10.2 Å². The number of aryl methyl sites for hydroxylation is 1. The van der Waals surface area contributed by atoms with Crippen molar-refractivity contribution < 1.29 is 18.0 Å². The maximum atomic E-state index is 13.4. The van der Waals surface area contributed by atoms with Gasteiger partial charge in [-0.05, 0) is 55.0 Å². The predicted molar refractivity (Wildman–Crippen MR) is 119 cm³/mol. The monoisotopic (exact) mass is 444 g/mol. The zero-order valence-electron chi connectivity index (χ0n) is 18.5. The van der Waals surface area contributed by atoms with Gasteiger partial charge in [0.05, 0.1) is 11.6 Å². The van der Waals surface area contributed by atoms with E-state index >= 15 is 0 Å². The molecule has 2 aliphatic rings. The molecule has 2 aromatic rings. The minimum atomic E-state index is -4.36. The lowest BCUT2D eigenvalue weighted by Crippen LogP contribution is -2.41. The normalized spacial score (nSPS) is 22.3. The van der Waals surface area contributed by atoms with Gasteiger partial charge in [-0.15, -0.1) is 0 Å². The predicted octanol–water partition coefficient (Wildman–Crippen LogP) is 6.03. The molecule has 1 saturated heterocycles. The van der Waals surface area contributed by atoms with E-state index in [1.54, 1.807) is 0 Å². The van der Waals surface area contributed by atoms with Gasteiger partial charge in [-0.25, -0.2) is 0 Å². The second kappa shape index (κ2) is 9.65. The topological polar surface area (TPSA) is 32.3 Å². The molecule has 0 aromatic heterocycles. The molecule has 2 fully saturated rings. The molecule has 172 valence electrons. The number of carbonyl (C=O) groups excluding carboxylic acids is 1. The molecule has 0 bridgehead atoms. The molecule has 1 aliphatic carbocycles. The smallest absolute Gasteiger partial charge is 0.334 e. The van der Waals surface area contributed by atoms with Crippen molar-refractivity contribution in [3.63, 3.8) is 0 Å². The summed E-state index contributed by atoms with van der Waals surface area (Å²) in [6, 6.07) is 13.8. The second-order valence-corrected chi connectivity index (χ2v) is 9.14. The number of rotatable bonds is 5. The van der Waals surface area contributed by atoms with Crippen LogP contribution in [0, 0.1) is 12.8 Å². The summed E-state index contributed by atoms with van der Waals surface area (Å²) >= 11 is 0. The Labute approximate surface area is 188 Å². The number of hydrogen-bond acceptors (Lipinski definition) is 2. The summed E-state index contributed by atoms with van der Waals surface area (Å²) in [6.07, 6.45) is 1.76. The van der Waals surface area contributed by atoms with Crippen molar-refractivity contribution in [2.24, 2.45) is 5.92 Å². The first-order valence-electron chi connectivity index (χ1n) is 11.6. The fourth-order valence-corrected chi connectivity index (χ4v) is 5.18. The molecule has 1 saturated carbocycles. The van der Waals surface area contributed by atoms with Crippen molar-refractivity contribution in [3.05, 3.63) is 70.8 Å². The van der Waals surface area contributed by atoms with Crippen molar-refractivity contribution in [3.8, 4) is 0 Å². The van der Waals surface area contributed by atoms with E-state index in [-0.39, 0.29) is 23.9 Å². The summed E-state index contributed by atoms with van der Waals surface area (Å²) in [4.78, 5) is 15.4. The van der Waals surface area contributed by atoms with Gasteiger partial charge in [0.15, 0.2) is 0 Å². The first-order chi connectivity index (χ1) is 15.3. The lowest BCUT2D eigenvalue weighted by Gasteiger charge is -2.33. The van der Waals surface area contributed by atoms with Gasteiger partial charge in [0.2, 0.25) is 5.91 Å². The molecule has 2 unspecified atom stereocenters. The number of likely N-dealkylation sites (tertiary alicyclic amines) is 1. The van der Waals surface area contributed by atoms with Crippen LogP contribution in [-0.2, 0) is 17.5 Å². The van der Waals surface area contributed by atoms with Crippen LogP contribution < -0.4 is 5.32 Å². The molecule has 4 rings (SSSR count). The number of nitrogens with zero attached hydrogens (tertiary/aromatic N) is 1. The van der Waals surface area contributed by atoms with E-state index in [1.807, 2.05) is 42.2 Å². The highest BCUT2D eigenvalue weighted by molar-refractivity contribution is 5.80. The van der Waals surface area contributed by atoms with Gasteiger partial charge >= 0.3 is 6.18 Å². The minimum Gasteiger partial charge on any atom is -0.334 e. The number of carbonyl (C=O) groups is 1. The van der Waals surface area contributed by atoms with Crippen molar-refractivity contribution in [2.75, 3.05) is 6.54 Å². The highest BCUT2D eigenvalue weighted by atomic mass is 19.4. The van der Waals surface area contributed by atoms with Crippen LogP contribution in [0.4, 0.5) is 13.2 Å². The molecule has 0 spiro atoms. The summed E-state index contributed by atoms with van der Waals surface area (Å²) < 4.78 is 39.5. The Balaban J connectivity index is 1.53. The molecule has 2 aromatic carbocycles. The van der Waals surface area contributed by atoms with Gasteiger partial charge in [0.25, 0.3) is 0 Å². The quantitative estimate of drug-likeness (QED) is 0.611. The van der Waals surface area contributed by atoms with E-state index in [0.717, 1.165) is 49.3 Å². The lowest BCUT2D eigenvalue weighted by molar-refractivity contribution is -0.138. The van der Waals surface area contributed by atoms with E-state index in [0.29, 0.717) is 18.7 Å². The Hall–Kier alpha value is -2.34. The average Bonchev–Trinajstić information content (AvgIpc) is 3.22. The van der Waals surface area contributed by atoms with E-state index in [9.17, 15) is 18.0 Å². The summed E-state index contributed by atoms with van der Waals surface area (Å²) in [5.41, 5.74) is 1.92. The summed E-state index contributed by atoms with van der Waals surface area (Å²) in [5, 5.41) is 3.49. The molecule has 3 nitrogen and oxygen atoms in total. The van der Waals surface area contributed by atoms with Crippen LogP contribution in [0.3, 0.4) is 0 Å². The first-order valence-corrected chi connectivity index (χ1v) is 11.6. The van der Waals surface area contributed by atoms with E-state index < -0.39 is 11.7 Å². The van der Waals surface area contributed by atoms with Crippen LogP contribution in [-0.4, -0.2) is 23.4 Å². The zero-order chi connectivity index (χ0) is 22.7. The number of alkyl halides is 3. The maximum Gasteiger partial charge on any atom is 0.416 e. The van der Waals surface area contributed by atoms with Crippen LogP contribution in [0.1, 0.15) is 66.8 Å². The molecule has 32 heavy (non-hydrogen) atoms. The zero-order valence-corrected chi connectivity index (χ0v) is 18.5. The van der Waals surface area contributed by atoms with Crippen LogP contribution in [0.25, 0.3) is 0 Å². The second-order valence-electron chi connectivity index (χ2n) is 9.14. The Morgan fingerprint density at radius 1 is 1.03 bits per heavy atom. The molecular weight excluding hydrogens is 413 g/mol. The molecule has 2 atom stereocenters. The fourth-order valence-electron chi connectivity index (χ4n) is 5.18. The number of amides is 1. The van der Waals surface area contributed by atoms with Gasteiger partial charge in [0.1, 0.15) is 0 Å². The van der Waals surface area contributed by atoms with Crippen LogP contribution >= 0.6 is 0 Å². The Morgan fingerprint density at radius 2 is 1.75 bits per heavy atom. The molecule has 1 heterocycles. The SMILES string of the molecule is Cc1ccc(C(F)(F)F)cc1CNC1CCN(C(=O)C2CCCCC2)C1c1ccccc1. The first kappa shape index (κ1) is 22.8. The molecule has 0 radical (unpaired) electrons. The van der Waals surface area contributed by atoms with Crippen molar-refractivity contribution >= 4 is 5.91 Å². The lowest BCUT2D eigenvalue weighted by atomic mass is 9.87. The number of hydrogen-bond donors (Lipinski definition) is 1. The van der Waals surface area contributed by atoms with Gasteiger partial charge in [-0.1, -0.05) is 55.7 Å². The number of benzene rings is 2. The van der Waals surface area contributed by atoms with Gasteiger partial charge in [-0.2, -0.15) is 13.2 Å². The highest BCUT2D eigenvalue weighted by Gasteiger charge is 2.40. The fraction of sp³-hybridized carbons (Fsp3) is 0.500. The largest absolute Gasteiger partial charge is 0.416 e. The summed E-state index contributed by atoms with van der Waals surface area (Å²) in [5.74, 6) is 0.331. The Morgan fingerprint density at radius 3 is 2.44 bits per heavy atom. The van der Waals surface area contributed by atoms with Gasteiger partial charge in [0, 0.05) is 25.0 Å².